The van der Waals surface area contributed by atoms with E-state index < -0.39 is 0 Å². The lowest BCUT2D eigenvalue weighted by atomic mass is 9.95. The monoisotopic (exact) mass is 276 g/mol. The van der Waals surface area contributed by atoms with E-state index >= 15 is 0 Å². The van der Waals surface area contributed by atoms with Crippen LogP contribution in [-0.2, 0) is 17.8 Å². The van der Waals surface area contributed by atoms with Crippen LogP contribution in [0.5, 0.6) is 0 Å². The van der Waals surface area contributed by atoms with Crippen molar-refractivity contribution in [1.29, 1.82) is 0 Å². The first-order valence-corrected chi connectivity index (χ1v) is 7.81. The van der Waals surface area contributed by atoms with Gasteiger partial charge in [-0.25, -0.2) is 0 Å². The number of amides is 1. The van der Waals surface area contributed by atoms with Gasteiger partial charge in [0.2, 0.25) is 5.91 Å². The standard InChI is InChI=1S/C16H24N2O2/c1-12-11-13-14(5-4-6-15(13)19)18(12)10-7-16(20)17-8-2-3-9-17/h11,15,19H,2-10H2,1H3. The summed E-state index contributed by atoms with van der Waals surface area (Å²) in [7, 11) is 0. The zero-order valence-corrected chi connectivity index (χ0v) is 12.3. The number of aliphatic hydroxyl groups is 1. The summed E-state index contributed by atoms with van der Waals surface area (Å²) >= 11 is 0. The summed E-state index contributed by atoms with van der Waals surface area (Å²) in [5, 5.41) is 10.1. The van der Waals surface area contributed by atoms with Crippen molar-refractivity contribution in [3.8, 4) is 0 Å². The zero-order chi connectivity index (χ0) is 14.1. The summed E-state index contributed by atoms with van der Waals surface area (Å²) in [4.78, 5) is 14.1. The highest BCUT2D eigenvalue weighted by atomic mass is 16.3. The summed E-state index contributed by atoms with van der Waals surface area (Å²) in [6.07, 6.45) is 5.50. The van der Waals surface area contributed by atoms with E-state index in [0.29, 0.717) is 6.42 Å². The number of nitrogens with zero attached hydrogens (tertiary/aromatic N) is 2. The highest BCUT2D eigenvalue weighted by molar-refractivity contribution is 5.76. The van der Waals surface area contributed by atoms with Gasteiger partial charge in [-0.2, -0.15) is 0 Å². The van der Waals surface area contributed by atoms with Crippen molar-refractivity contribution in [2.24, 2.45) is 0 Å². The van der Waals surface area contributed by atoms with Crippen molar-refractivity contribution in [3.63, 3.8) is 0 Å². The van der Waals surface area contributed by atoms with Gasteiger partial charge in [0.05, 0.1) is 6.10 Å². The van der Waals surface area contributed by atoms with E-state index in [1.807, 2.05) is 4.90 Å². The summed E-state index contributed by atoms with van der Waals surface area (Å²) in [5.41, 5.74) is 3.50. The first-order chi connectivity index (χ1) is 9.66. The van der Waals surface area contributed by atoms with Crippen LogP contribution >= 0.6 is 0 Å². The van der Waals surface area contributed by atoms with Crippen molar-refractivity contribution in [2.45, 2.75) is 58.1 Å². The van der Waals surface area contributed by atoms with Crippen molar-refractivity contribution in [1.82, 2.24) is 9.47 Å². The van der Waals surface area contributed by atoms with Crippen LogP contribution < -0.4 is 0 Å². The summed E-state index contributed by atoms with van der Waals surface area (Å²) in [6, 6.07) is 2.10. The number of carbonyl (C=O) groups is 1. The molecule has 1 saturated heterocycles. The van der Waals surface area contributed by atoms with Gasteiger partial charge in [-0.05, 0) is 45.1 Å². The average molecular weight is 276 g/mol. The number of fused-ring (bicyclic) bond motifs is 1. The molecule has 0 radical (unpaired) electrons. The van der Waals surface area contributed by atoms with Crippen LogP contribution in [0, 0.1) is 6.92 Å². The number of rotatable bonds is 3. The molecule has 1 aromatic rings. The highest BCUT2D eigenvalue weighted by Gasteiger charge is 2.24. The van der Waals surface area contributed by atoms with Gasteiger partial charge < -0.3 is 14.6 Å². The molecule has 1 N–H and O–H groups in total. The number of hydrogen-bond donors (Lipinski definition) is 1. The van der Waals surface area contributed by atoms with Crippen molar-refractivity contribution < 1.29 is 9.90 Å². The minimum atomic E-state index is -0.312. The topological polar surface area (TPSA) is 45.5 Å². The van der Waals surface area contributed by atoms with Gasteiger partial charge in [-0.1, -0.05) is 0 Å². The summed E-state index contributed by atoms with van der Waals surface area (Å²) in [5.74, 6) is 0.278. The minimum Gasteiger partial charge on any atom is -0.388 e. The maximum atomic E-state index is 12.1. The number of aryl methyl sites for hydroxylation is 1. The van der Waals surface area contributed by atoms with Gasteiger partial charge in [-0.3, -0.25) is 4.79 Å². The molecule has 2 heterocycles. The molecular weight excluding hydrogens is 252 g/mol. The molecule has 0 bridgehead atoms. The fourth-order valence-electron chi connectivity index (χ4n) is 3.58. The molecule has 2 aliphatic rings. The van der Waals surface area contributed by atoms with Crippen LogP contribution in [0.25, 0.3) is 0 Å². The average Bonchev–Trinajstić information content (AvgIpc) is 3.05. The van der Waals surface area contributed by atoms with E-state index in [1.165, 1.54) is 11.4 Å². The fourth-order valence-corrected chi connectivity index (χ4v) is 3.58. The molecule has 1 amide bonds. The summed E-state index contributed by atoms with van der Waals surface area (Å²) in [6.45, 7) is 4.69. The molecular formula is C16H24N2O2. The lowest BCUT2D eigenvalue weighted by molar-refractivity contribution is -0.130. The van der Waals surface area contributed by atoms with E-state index in [4.69, 9.17) is 0 Å². The Kier molecular flexibility index (Phi) is 3.83. The Bertz CT molecular complexity index is 501. The number of carbonyl (C=O) groups excluding carboxylic acids is 1. The SMILES string of the molecule is Cc1cc2c(n1CCC(=O)N1CCCC1)CCCC2O. The van der Waals surface area contributed by atoms with Crippen molar-refractivity contribution >= 4 is 5.91 Å². The molecule has 0 spiro atoms. The predicted molar refractivity (Wildman–Crippen MR) is 77.5 cm³/mol. The molecule has 4 nitrogen and oxygen atoms in total. The molecule has 1 atom stereocenters. The molecule has 1 aliphatic heterocycles. The van der Waals surface area contributed by atoms with Gasteiger partial charge in [0, 0.05) is 43.0 Å². The first-order valence-electron chi connectivity index (χ1n) is 7.81. The molecule has 0 aromatic carbocycles. The Morgan fingerprint density at radius 2 is 2.10 bits per heavy atom. The molecule has 0 saturated carbocycles. The normalized spacial score (nSPS) is 22.1. The third-order valence-electron chi connectivity index (χ3n) is 4.71. The second-order valence-electron chi connectivity index (χ2n) is 6.09. The lowest BCUT2D eigenvalue weighted by Crippen LogP contribution is -2.28. The van der Waals surface area contributed by atoms with Gasteiger partial charge in [0.15, 0.2) is 0 Å². The molecule has 110 valence electrons. The first kappa shape index (κ1) is 13.7. The lowest BCUT2D eigenvalue weighted by Gasteiger charge is -2.21. The molecule has 20 heavy (non-hydrogen) atoms. The van der Waals surface area contributed by atoms with Crippen LogP contribution in [0.3, 0.4) is 0 Å². The summed E-state index contributed by atoms with van der Waals surface area (Å²) < 4.78 is 2.24. The van der Waals surface area contributed by atoms with Crippen LogP contribution in [0.2, 0.25) is 0 Å². The van der Waals surface area contributed by atoms with E-state index in [0.717, 1.165) is 57.3 Å². The van der Waals surface area contributed by atoms with E-state index in [9.17, 15) is 9.90 Å². The predicted octanol–water partition coefficient (Wildman–Crippen LogP) is 2.18. The molecule has 1 aromatic heterocycles. The highest BCUT2D eigenvalue weighted by Crippen LogP contribution is 2.32. The van der Waals surface area contributed by atoms with Gasteiger partial charge >= 0.3 is 0 Å². The number of likely N-dealkylation sites (tertiary alicyclic amines) is 1. The van der Waals surface area contributed by atoms with Crippen molar-refractivity contribution in [3.05, 3.63) is 23.0 Å². The van der Waals surface area contributed by atoms with Gasteiger partial charge in [0.25, 0.3) is 0 Å². The number of aromatic nitrogens is 1. The Morgan fingerprint density at radius 3 is 2.85 bits per heavy atom. The quantitative estimate of drug-likeness (QED) is 0.919. The maximum Gasteiger partial charge on any atom is 0.224 e. The van der Waals surface area contributed by atoms with Gasteiger partial charge in [-0.15, -0.1) is 0 Å². The molecule has 4 heteroatoms. The number of aliphatic hydroxyl groups excluding tert-OH is 1. The number of hydrogen-bond acceptors (Lipinski definition) is 2. The van der Waals surface area contributed by atoms with Crippen LogP contribution in [0.4, 0.5) is 0 Å². The van der Waals surface area contributed by atoms with E-state index in [-0.39, 0.29) is 12.0 Å². The maximum absolute atomic E-state index is 12.1. The van der Waals surface area contributed by atoms with Gasteiger partial charge in [0.1, 0.15) is 0 Å². The Labute approximate surface area is 120 Å². The zero-order valence-electron chi connectivity index (χ0n) is 12.3. The second kappa shape index (κ2) is 5.60. The Hall–Kier alpha value is -1.29. The minimum absolute atomic E-state index is 0.278. The molecule has 3 rings (SSSR count). The Balaban J connectivity index is 1.69. The largest absolute Gasteiger partial charge is 0.388 e. The molecule has 1 fully saturated rings. The van der Waals surface area contributed by atoms with E-state index in [1.54, 1.807) is 0 Å². The second-order valence-corrected chi connectivity index (χ2v) is 6.09. The fraction of sp³-hybridized carbons (Fsp3) is 0.688. The third-order valence-corrected chi connectivity index (χ3v) is 4.71. The van der Waals surface area contributed by atoms with Crippen LogP contribution in [0.15, 0.2) is 6.07 Å². The van der Waals surface area contributed by atoms with Crippen LogP contribution in [-0.4, -0.2) is 33.6 Å². The van der Waals surface area contributed by atoms with Crippen LogP contribution in [0.1, 0.15) is 55.2 Å². The van der Waals surface area contributed by atoms with E-state index in [2.05, 4.69) is 17.6 Å². The van der Waals surface area contributed by atoms with Crippen molar-refractivity contribution in [2.75, 3.05) is 13.1 Å². The smallest absolute Gasteiger partial charge is 0.224 e. The molecule has 1 unspecified atom stereocenters. The Morgan fingerprint density at radius 1 is 1.35 bits per heavy atom. The third kappa shape index (κ3) is 2.49. The molecule has 1 aliphatic carbocycles.